The van der Waals surface area contributed by atoms with Crippen LogP contribution in [0, 0.1) is 0 Å². The zero-order chi connectivity index (χ0) is 19.6. The van der Waals surface area contributed by atoms with Crippen LogP contribution >= 0.6 is 0 Å². The first-order valence-corrected chi connectivity index (χ1v) is 16.4. The maximum absolute atomic E-state index is 2.53. The van der Waals surface area contributed by atoms with Gasteiger partial charge in [0.1, 0.15) is 0 Å². The quantitative estimate of drug-likeness (QED) is 0.295. The Hall–Kier alpha value is -2.98. The molecule has 0 atom stereocenters. The number of hydrogen-bond donors (Lipinski definition) is 0. The molecule has 4 aromatic carbocycles. The van der Waals surface area contributed by atoms with Gasteiger partial charge in [0.15, 0.2) is 0 Å². The van der Waals surface area contributed by atoms with E-state index in [1.165, 1.54) is 34.1 Å². The minimum atomic E-state index is -2.42. The first-order valence-electron chi connectivity index (χ1n) is 10.2. The van der Waals surface area contributed by atoms with E-state index in [4.69, 9.17) is 0 Å². The van der Waals surface area contributed by atoms with E-state index in [1.807, 2.05) is 0 Å². The molecule has 0 saturated carbocycles. The molecular weight excluding hydrogens is 413 g/mol. The number of anilines is 6. The van der Waals surface area contributed by atoms with Crippen LogP contribution in [0.5, 0.6) is 0 Å². The van der Waals surface area contributed by atoms with Gasteiger partial charge < -0.3 is 0 Å². The van der Waals surface area contributed by atoms with Gasteiger partial charge in [0.05, 0.1) is 0 Å². The van der Waals surface area contributed by atoms with Crippen LogP contribution in [-0.2, 0) is 0 Å². The van der Waals surface area contributed by atoms with Crippen molar-refractivity contribution >= 4 is 56.2 Å². The molecule has 0 bridgehead atoms. The summed E-state index contributed by atoms with van der Waals surface area (Å²) in [7, 11) is 0. The van der Waals surface area contributed by atoms with Crippen molar-refractivity contribution in [1.82, 2.24) is 0 Å². The molecule has 2 nitrogen and oxygen atoms in total. The topological polar surface area (TPSA) is 6.48 Å². The van der Waals surface area contributed by atoms with Gasteiger partial charge in [-0.05, 0) is 0 Å². The molecule has 0 radical (unpaired) electrons. The molecule has 0 amide bonds. The summed E-state index contributed by atoms with van der Waals surface area (Å²) in [6.45, 7) is 0. The Balaban J connectivity index is 1.74. The number of rotatable bonds is 1. The SMILES string of the molecule is [CH3][Ge]1([CH3])[c]2ccccc2N2c3ccccc3N(c3ccccc3)c3ccc[c]1c32. The van der Waals surface area contributed by atoms with E-state index in [9.17, 15) is 0 Å². The number of para-hydroxylation sites is 5. The second-order valence-electron chi connectivity index (χ2n) is 8.31. The third kappa shape index (κ3) is 2.24. The van der Waals surface area contributed by atoms with Gasteiger partial charge in [0.25, 0.3) is 0 Å². The summed E-state index contributed by atoms with van der Waals surface area (Å²) in [5.74, 6) is 5.05. The molecule has 0 fully saturated rings. The van der Waals surface area contributed by atoms with Crippen LogP contribution < -0.4 is 18.6 Å². The van der Waals surface area contributed by atoms with Crippen LogP contribution in [-0.4, -0.2) is 13.3 Å². The normalized spacial score (nSPS) is 15.4. The molecule has 0 saturated heterocycles. The van der Waals surface area contributed by atoms with Gasteiger partial charge >= 0.3 is 175 Å². The molecule has 2 heterocycles. The molecule has 2 aliphatic heterocycles. The fraction of sp³-hybridized carbons (Fsp3) is 0.0769. The number of benzene rings is 4. The fourth-order valence-electron chi connectivity index (χ4n) is 4.99. The molecule has 6 rings (SSSR count). The number of nitrogens with zero attached hydrogens (tertiary/aromatic N) is 2. The monoisotopic (exact) mass is 436 g/mol. The van der Waals surface area contributed by atoms with Crippen LogP contribution in [0.1, 0.15) is 0 Å². The molecule has 0 aromatic heterocycles. The summed E-state index contributed by atoms with van der Waals surface area (Å²) < 4.78 is 3.11. The summed E-state index contributed by atoms with van der Waals surface area (Å²) in [4.78, 5) is 4.93. The molecule has 2 aliphatic rings. The van der Waals surface area contributed by atoms with Gasteiger partial charge in [-0.2, -0.15) is 0 Å². The second kappa shape index (κ2) is 6.01. The Morgan fingerprint density at radius 3 is 1.79 bits per heavy atom. The predicted molar refractivity (Wildman–Crippen MR) is 126 cm³/mol. The Kier molecular flexibility index (Phi) is 3.51. The van der Waals surface area contributed by atoms with E-state index in [-0.39, 0.29) is 0 Å². The molecule has 0 aliphatic carbocycles. The van der Waals surface area contributed by atoms with Crippen molar-refractivity contribution in [3.8, 4) is 0 Å². The van der Waals surface area contributed by atoms with Crippen molar-refractivity contribution < 1.29 is 0 Å². The van der Waals surface area contributed by atoms with Crippen LogP contribution in [0.15, 0.2) is 97.1 Å². The Morgan fingerprint density at radius 1 is 0.483 bits per heavy atom. The van der Waals surface area contributed by atoms with E-state index in [0.717, 1.165) is 0 Å². The Morgan fingerprint density at radius 2 is 1.03 bits per heavy atom. The zero-order valence-electron chi connectivity index (χ0n) is 16.6. The van der Waals surface area contributed by atoms with Crippen molar-refractivity contribution in [2.75, 3.05) is 9.80 Å². The van der Waals surface area contributed by atoms with Crippen LogP contribution in [0.2, 0.25) is 11.5 Å². The van der Waals surface area contributed by atoms with Gasteiger partial charge in [0, 0.05) is 0 Å². The predicted octanol–water partition coefficient (Wildman–Crippen LogP) is 6.08. The van der Waals surface area contributed by atoms with Crippen molar-refractivity contribution in [1.29, 1.82) is 0 Å². The van der Waals surface area contributed by atoms with Crippen molar-refractivity contribution in [2.24, 2.45) is 0 Å². The van der Waals surface area contributed by atoms with E-state index >= 15 is 0 Å². The zero-order valence-corrected chi connectivity index (χ0v) is 18.7. The fourth-order valence-corrected chi connectivity index (χ4v) is 11.3. The van der Waals surface area contributed by atoms with E-state index < -0.39 is 13.3 Å². The third-order valence-corrected chi connectivity index (χ3v) is 13.7. The average molecular weight is 435 g/mol. The molecule has 0 unspecified atom stereocenters. The van der Waals surface area contributed by atoms with Crippen LogP contribution in [0.25, 0.3) is 0 Å². The van der Waals surface area contributed by atoms with Crippen LogP contribution in [0.3, 0.4) is 0 Å². The van der Waals surface area contributed by atoms with Gasteiger partial charge in [-0.15, -0.1) is 0 Å². The number of fused-ring (bicyclic) bond motifs is 4. The summed E-state index contributed by atoms with van der Waals surface area (Å²) in [6, 6.07) is 35.5. The van der Waals surface area contributed by atoms with Crippen LogP contribution in [0.4, 0.5) is 34.1 Å². The number of hydrogen-bond acceptors (Lipinski definition) is 2. The minimum absolute atomic E-state index is 1.21. The average Bonchev–Trinajstić information content (AvgIpc) is 2.77. The van der Waals surface area contributed by atoms with E-state index in [2.05, 4.69) is 118 Å². The first-order chi connectivity index (χ1) is 14.2. The molecular formula is C26H22GeN2. The molecule has 3 heteroatoms. The molecule has 140 valence electrons. The Bertz CT molecular complexity index is 1250. The standard InChI is InChI=1S/C26H22GeN2/c1-27(2)20-13-6-7-15-22(20)29-24-17-9-8-16-23(24)28(19-11-4-3-5-12-19)25-18-10-14-21(27)26(25)29/h3-18H,1-2H3. The molecule has 0 spiro atoms. The summed E-state index contributed by atoms with van der Waals surface area (Å²) in [6.07, 6.45) is 0. The second-order valence-corrected chi connectivity index (χ2v) is 17.4. The van der Waals surface area contributed by atoms with Crippen molar-refractivity contribution in [3.05, 3.63) is 97.1 Å². The van der Waals surface area contributed by atoms with Gasteiger partial charge in [-0.25, -0.2) is 0 Å². The Labute approximate surface area is 174 Å². The van der Waals surface area contributed by atoms with Crippen molar-refractivity contribution in [2.45, 2.75) is 11.5 Å². The molecule has 0 N–H and O–H groups in total. The first kappa shape index (κ1) is 16.9. The summed E-state index contributed by atoms with van der Waals surface area (Å²) in [5, 5.41) is 0. The molecule has 4 aromatic rings. The van der Waals surface area contributed by atoms with E-state index in [1.54, 1.807) is 8.79 Å². The summed E-state index contributed by atoms with van der Waals surface area (Å²) >= 11 is -2.42. The van der Waals surface area contributed by atoms with Gasteiger partial charge in [0.2, 0.25) is 0 Å². The van der Waals surface area contributed by atoms with Gasteiger partial charge in [-0.1, -0.05) is 0 Å². The van der Waals surface area contributed by atoms with Gasteiger partial charge in [-0.3, -0.25) is 0 Å². The van der Waals surface area contributed by atoms with E-state index in [0.29, 0.717) is 0 Å². The van der Waals surface area contributed by atoms with Crippen molar-refractivity contribution in [3.63, 3.8) is 0 Å². The third-order valence-electron chi connectivity index (χ3n) is 6.35. The maximum atomic E-state index is 2.53. The summed E-state index contributed by atoms with van der Waals surface area (Å²) in [5.41, 5.74) is 7.70. The molecule has 29 heavy (non-hydrogen) atoms.